The van der Waals surface area contributed by atoms with Gasteiger partial charge in [0.25, 0.3) is 0 Å². The smallest absolute Gasteiger partial charge is 0.163 e. The van der Waals surface area contributed by atoms with Crippen molar-refractivity contribution in [3.8, 4) is 0 Å². The Balaban J connectivity index is 2.15. The number of H-pyrrole nitrogens is 1. The zero-order valence-electron chi connectivity index (χ0n) is 9.28. The maximum atomic E-state index is 11.5. The van der Waals surface area contributed by atoms with Gasteiger partial charge in [0.15, 0.2) is 11.6 Å². The number of rotatable bonds is 5. The van der Waals surface area contributed by atoms with Crippen molar-refractivity contribution < 1.29 is 9.53 Å². The van der Waals surface area contributed by atoms with Crippen LogP contribution in [0.5, 0.6) is 0 Å². The number of ketones is 1. The van der Waals surface area contributed by atoms with Gasteiger partial charge in [0, 0.05) is 11.8 Å². The van der Waals surface area contributed by atoms with Gasteiger partial charge in [-0.25, -0.2) is 5.10 Å². The number of aromatic amines is 1. The van der Waals surface area contributed by atoms with Gasteiger partial charge in [-0.15, -0.1) is 5.10 Å². The topological polar surface area (TPSA) is 80.8 Å². The average Bonchev–Trinajstić information content (AvgIpc) is 2.63. The molecule has 0 unspecified atom stereocenters. The van der Waals surface area contributed by atoms with Crippen LogP contribution < -0.4 is 0 Å². The molecule has 1 aromatic rings. The fourth-order valence-corrected chi connectivity index (χ4v) is 0.835. The highest BCUT2D eigenvalue weighted by atomic mass is 16.5. The lowest BCUT2D eigenvalue weighted by atomic mass is 9.91. The number of aromatic nitrogens is 4. The van der Waals surface area contributed by atoms with Crippen molar-refractivity contribution in [3.05, 3.63) is 5.82 Å². The molecule has 0 bridgehead atoms. The van der Waals surface area contributed by atoms with Gasteiger partial charge in [-0.3, -0.25) is 4.79 Å². The van der Waals surface area contributed by atoms with Gasteiger partial charge >= 0.3 is 0 Å². The van der Waals surface area contributed by atoms with Gasteiger partial charge in [0.1, 0.15) is 6.61 Å². The van der Waals surface area contributed by atoms with Crippen LogP contribution in [0.15, 0.2) is 0 Å². The highest BCUT2D eigenvalue weighted by molar-refractivity contribution is 5.84. The molecule has 0 amide bonds. The first-order chi connectivity index (χ1) is 7.00. The normalized spacial score (nSPS) is 11.7. The Morgan fingerprint density at radius 2 is 2.20 bits per heavy atom. The van der Waals surface area contributed by atoms with Crippen LogP contribution in [0.25, 0.3) is 0 Å². The second kappa shape index (κ2) is 4.97. The highest BCUT2D eigenvalue weighted by Gasteiger charge is 2.20. The third kappa shape index (κ3) is 4.16. The molecule has 0 radical (unpaired) electrons. The minimum Gasteiger partial charge on any atom is -0.373 e. The molecule has 1 heterocycles. The van der Waals surface area contributed by atoms with Crippen molar-refractivity contribution in [1.29, 1.82) is 0 Å². The molecule has 0 saturated carbocycles. The maximum Gasteiger partial charge on any atom is 0.163 e. The van der Waals surface area contributed by atoms with Gasteiger partial charge in [-0.2, -0.15) is 0 Å². The lowest BCUT2D eigenvalue weighted by molar-refractivity contribution is -0.131. The number of Topliss-reactive ketones (excluding diaryl/α,β-unsaturated/α-hetero) is 1. The van der Waals surface area contributed by atoms with E-state index in [1.165, 1.54) is 0 Å². The number of carbonyl (C=O) groups is 1. The van der Waals surface area contributed by atoms with E-state index in [0.717, 1.165) is 0 Å². The summed E-state index contributed by atoms with van der Waals surface area (Å²) in [6, 6.07) is 0. The molecule has 0 aliphatic rings. The van der Waals surface area contributed by atoms with Crippen molar-refractivity contribution >= 4 is 5.78 Å². The molecule has 84 valence electrons. The van der Waals surface area contributed by atoms with E-state index in [0.29, 0.717) is 18.9 Å². The predicted octanol–water partition coefficient (Wildman–Crippen LogP) is 0.374. The Kier molecular flexibility index (Phi) is 3.90. The molecular weight excluding hydrogens is 196 g/mol. The van der Waals surface area contributed by atoms with Gasteiger partial charge in [0.2, 0.25) is 0 Å². The first-order valence-corrected chi connectivity index (χ1v) is 4.84. The van der Waals surface area contributed by atoms with Crippen molar-refractivity contribution in [1.82, 2.24) is 20.6 Å². The zero-order valence-corrected chi connectivity index (χ0v) is 9.28. The van der Waals surface area contributed by atoms with E-state index in [1.807, 2.05) is 20.8 Å². The van der Waals surface area contributed by atoms with Crippen LogP contribution in [-0.2, 0) is 16.0 Å². The van der Waals surface area contributed by atoms with Crippen LogP contribution in [-0.4, -0.2) is 39.6 Å². The standard InChI is InChI=1S/C9H16N4O2/c1-9(2,3)7(14)6-15-5-4-8-10-12-13-11-8/h4-6H2,1-3H3,(H,10,11,12,13). The molecule has 0 atom stereocenters. The molecule has 0 saturated heterocycles. The number of hydrogen-bond donors (Lipinski definition) is 1. The lowest BCUT2D eigenvalue weighted by Gasteiger charge is -2.15. The second-order valence-electron chi connectivity index (χ2n) is 4.32. The second-order valence-corrected chi connectivity index (χ2v) is 4.32. The van der Waals surface area contributed by atoms with Crippen LogP contribution in [0.4, 0.5) is 0 Å². The summed E-state index contributed by atoms with van der Waals surface area (Å²) in [5.41, 5.74) is -0.339. The molecule has 0 aliphatic carbocycles. The number of hydrogen-bond acceptors (Lipinski definition) is 5. The van der Waals surface area contributed by atoms with Gasteiger partial charge in [-0.05, 0) is 10.4 Å². The number of nitrogens with one attached hydrogen (secondary N) is 1. The molecule has 0 fully saturated rings. The Bertz CT molecular complexity index is 302. The maximum absolute atomic E-state index is 11.5. The molecule has 6 heteroatoms. The number of tetrazole rings is 1. The van der Waals surface area contributed by atoms with Crippen molar-refractivity contribution in [3.63, 3.8) is 0 Å². The van der Waals surface area contributed by atoms with Crippen molar-refractivity contribution in [2.24, 2.45) is 5.41 Å². The van der Waals surface area contributed by atoms with E-state index in [-0.39, 0.29) is 17.8 Å². The Labute approximate surface area is 88.4 Å². The Hall–Kier alpha value is -1.30. The van der Waals surface area contributed by atoms with Gasteiger partial charge in [0.05, 0.1) is 6.61 Å². The minimum absolute atomic E-state index is 0.0956. The molecule has 0 aliphatic heterocycles. The molecule has 1 N–H and O–H groups in total. The van der Waals surface area contributed by atoms with Crippen LogP contribution in [0.3, 0.4) is 0 Å². The molecule has 15 heavy (non-hydrogen) atoms. The summed E-state index contributed by atoms with van der Waals surface area (Å²) in [5, 5.41) is 13.2. The largest absolute Gasteiger partial charge is 0.373 e. The Morgan fingerprint density at radius 3 is 2.73 bits per heavy atom. The molecule has 1 rings (SSSR count). The zero-order chi connectivity index (χ0) is 11.3. The van der Waals surface area contributed by atoms with E-state index in [4.69, 9.17) is 4.74 Å². The fourth-order valence-electron chi connectivity index (χ4n) is 0.835. The Morgan fingerprint density at radius 1 is 1.47 bits per heavy atom. The predicted molar refractivity (Wildman–Crippen MR) is 53.2 cm³/mol. The first kappa shape index (κ1) is 11.8. The summed E-state index contributed by atoms with van der Waals surface area (Å²) in [6.45, 7) is 6.21. The van der Waals surface area contributed by atoms with Crippen LogP contribution in [0.2, 0.25) is 0 Å². The first-order valence-electron chi connectivity index (χ1n) is 4.84. The number of nitrogens with zero attached hydrogens (tertiary/aromatic N) is 3. The summed E-state index contributed by atoms with van der Waals surface area (Å²) in [7, 11) is 0. The fraction of sp³-hybridized carbons (Fsp3) is 0.778. The molecule has 0 spiro atoms. The number of carbonyl (C=O) groups excluding carboxylic acids is 1. The molecule has 0 aromatic carbocycles. The van der Waals surface area contributed by atoms with Crippen LogP contribution in [0.1, 0.15) is 26.6 Å². The summed E-state index contributed by atoms with van der Waals surface area (Å²) in [6.07, 6.45) is 0.588. The van der Waals surface area contributed by atoms with Gasteiger partial charge in [-0.1, -0.05) is 20.8 Å². The summed E-state index contributed by atoms with van der Waals surface area (Å²) in [5.74, 6) is 0.761. The van der Waals surface area contributed by atoms with Crippen molar-refractivity contribution in [2.45, 2.75) is 27.2 Å². The van der Waals surface area contributed by atoms with Crippen LogP contribution in [0, 0.1) is 5.41 Å². The SMILES string of the molecule is CC(C)(C)C(=O)COCCc1nnn[nH]1. The highest BCUT2D eigenvalue weighted by Crippen LogP contribution is 2.14. The summed E-state index contributed by atoms with van der Waals surface area (Å²) in [4.78, 5) is 11.5. The quantitative estimate of drug-likeness (QED) is 0.713. The third-order valence-corrected chi connectivity index (χ3v) is 1.94. The monoisotopic (exact) mass is 212 g/mol. The summed E-state index contributed by atoms with van der Waals surface area (Å²) >= 11 is 0. The molecular formula is C9H16N4O2. The van der Waals surface area contributed by atoms with E-state index in [2.05, 4.69) is 20.6 Å². The van der Waals surface area contributed by atoms with E-state index < -0.39 is 0 Å². The minimum atomic E-state index is -0.339. The van der Waals surface area contributed by atoms with Crippen molar-refractivity contribution in [2.75, 3.05) is 13.2 Å². The summed E-state index contributed by atoms with van der Waals surface area (Å²) < 4.78 is 5.23. The lowest BCUT2D eigenvalue weighted by Crippen LogP contribution is -2.25. The number of ether oxygens (including phenoxy) is 1. The average molecular weight is 212 g/mol. The molecule has 1 aromatic heterocycles. The molecule has 6 nitrogen and oxygen atoms in total. The van der Waals surface area contributed by atoms with Gasteiger partial charge < -0.3 is 4.74 Å². The van der Waals surface area contributed by atoms with Crippen LogP contribution >= 0.6 is 0 Å². The van der Waals surface area contributed by atoms with E-state index >= 15 is 0 Å². The third-order valence-electron chi connectivity index (χ3n) is 1.94. The van der Waals surface area contributed by atoms with E-state index in [9.17, 15) is 4.79 Å². The van der Waals surface area contributed by atoms with E-state index in [1.54, 1.807) is 0 Å².